The quantitative estimate of drug-likeness (QED) is 0.443. The van der Waals surface area contributed by atoms with E-state index >= 15 is 0 Å². The molecular formula is C18H19BrN2O2. The Morgan fingerprint density at radius 1 is 1.22 bits per heavy atom. The maximum atomic E-state index is 12.1. The average molecular weight is 375 g/mol. The Morgan fingerprint density at radius 2 is 1.96 bits per heavy atom. The first-order valence-corrected chi connectivity index (χ1v) is 8.31. The molecule has 0 aliphatic rings. The second kappa shape index (κ2) is 9.10. The molecule has 0 unspecified atom stereocenters. The summed E-state index contributed by atoms with van der Waals surface area (Å²) in [7, 11) is 0. The molecule has 0 saturated heterocycles. The van der Waals surface area contributed by atoms with E-state index < -0.39 is 0 Å². The lowest BCUT2D eigenvalue weighted by Crippen LogP contribution is -2.18. The van der Waals surface area contributed by atoms with Crippen LogP contribution in [0.5, 0.6) is 5.75 Å². The second-order valence-electron chi connectivity index (χ2n) is 4.92. The fourth-order valence-electron chi connectivity index (χ4n) is 1.91. The van der Waals surface area contributed by atoms with E-state index in [9.17, 15) is 4.79 Å². The number of para-hydroxylation sites is 1. The number of carbonyl (C=O) groups excluding carboxylic acids is 1. The van der Waals surface area contributed by atoms with E-state index in [1.54, 1.807) is 18.3 Å². The molecule has 1 amide bonds. The topological polar surface area (TPSA) is 50.7 Å². The number of halogens is 1. The zero-order valence-electron chi connectivity index (χ0n) is 13.0. The molecule has 0 heterocycles. The fourth-order valence-corrected chi connectivity index (χ4v) is 2.38. The largest absolute Gasteiger partial charge is 0.493 e. The minimum atomic E-state index is -0.266. The number of hydrogen-bond acceptors (Lipinski definition) is 3. The predicted molar refractivity (Wildman–Crippen MR) is 96.0 cm³/mol. The predicted octanol–water partition coefficient (Wildman–Crippen LogP) is 4.39. The van der Waals surface area contributed by atoms with Crippen molar-refractivity contribution >= 4 is 28.1 Å². The number of rotatable bonds is 7. The van der Waals surface area contributed by atoms with Gasteiger partial charge in [0.15, 0.2) is 0 Å². The number of amides is 1. The highest BCUT2D eigenvalue weighted by molar-refractivity contribution is 9.10. The third-order valence-electron chi connectivity index (χ3n) is 3.16. The summed E-state index contributed by atoms with van der Waals surface area (Å²) in [4.78, 5) is 12.1. The summed E-state index contributed by atoms with van der Waals surface area (Å²) in [6, 6.07) is 14.8. The van der Waals surface area contributed by atoms with Crippen molar-refractivity contribution in [1.29, 1.82) is 0 Å². The van der Waals surface area contributed by atoms with Gasteiger partial charge in [-0.05, 0) is 46.6 Å². The number of nitrogens with zero attached hydrogens (tertiary/aromatic N) is 1. The van der Waals surface area contributed by atoms with Crippen LogP contribution < -0.4 is 10.2 Å². The van der Waals surface area contributed by atoms with Crippen molar-refractivity contribution < 1.29 is 9.53 Å². The van der Waals surface area contributed by atoms with Crippen molar-refractivity contribution in [3.8, 4) is 5.75 Å². The van der Waals surface area contributed by atoms with Crippen LogP contribution in [-0.4, -0.2) is 18.7 Å². The smallest absolute Gasteiger partial charge is 0.272 e. The summed E-state index contributed by atoms with van der Waals surface area (Å²) in [5, 5.41) is 4.02. The normalized spacial score (nSPS) is 10.7. The molecule has 0 saturated carbocycles. The number of ether oxygens (including phenoxy) is 1. The molecule has 0 atom stereocenters. The molecule has 0 aliphatic heterocycles. The van der Waals surface area contributed by atoms with E-state index in [0.29, 0.717) is 12.2 Å². The van der Waals surface area contributed by atoms with Crippen LogP contribution in [0.3, 0.4) is 0 Å². The molecule has 4 nitrogen and oxygen atoms in total. The summed E-state index contributed by atoms with van der Waals surface area (Å²) >= 11 is 3.35. The van der Waals surface area contributed by atoms with E-state index in [4.69, 9.17) is 4.74 Å². The van der Waals surface area contributed by atoms with E-state index in [0.717, 1.165) is 28.6 Å². The minimum Gasteiger partial charge on any atom is -0.493 e. The van der Waals surface area contributed by atoms with Crippen LogP contribution in [0.25, 0.3) is 0 Å². The first-order chi connectivity index (χ1) is 11.2. The third kappa shape index (κ3) is 5.21. The molecule has 0 radical (unpaired) electrons. The first-order valence-electron chi connectivity index (χ1n) is 7.52. The molecule has 5 heteroatoms. The van der Waals surface area contributed by atoms with Crippen LogP contribution in [-0.2, 0) is 0 Å². The van der Waals surface area contributed by atoms with Gasteiger partial charge in [-0.3, -0.25) is 4.79 Å². The third-order valence-corrected chi connectivity index (χ3v) is 3.85. The maximum absolute atomic E-state index is 12.1. The second-order valence-corrected chi connectivity index (χ2v) is 5.77. The summed E-state index contributed by atoms with van der Waals surface area (Å²) < 4.78 is 6.46. The minimum absolute atomic E-state index is 0.266. The van der Waals surface area contributed by atoms with Crippen molar-refractivity contribution in [2.75, 3.05) is 6.61 Å². The SMILES string of the molecule is CCCCOc1ccccc1C=NNC(=O)c1ccccc1Br. The number of unbranched alkanes of at least 4 members (excludes halogenated alkanes) is 1. The zero-order valence-corrected chi connectivity index (χ0v) is 14.5. The highest BCUT2D eigenvalue weighted by Crippen LogP contribution is 2.17. The van der Waals surface area contributed by atoms with Crippen LogP contribution in [0.15, 0.2) is 58.1 Å². The van der Waals surface area contributed by atoms with Crippen LogP contribution in [0.2, 0.25) is 0 Å². The van der Waals surface area contributed by atoms with Gasteiger partial charge in [0.25, 0.3) is 5.91 Å². The average Bonchev–Trinajstić information content (AvgIpc) is 2.57. The van der Waals surface area contributed by atoms with Crippen LogP contribution in [0.4, 0.5) is 0 Å². The van der Waals surface area contributed by atoms with Gasteiger partial charge in [-0.2, -0.15) is 5.10 Å². The molecule has 2 rings (SSSR count). The molecule has 120 valence electrons. The van der Waals surface area contributed by atoms with E-state index in [1.165, 1.54) is 0 Å². The van der Waals surface area contributed by atoms with Crippen molar-refractivity contribution in [2.24, 2.45) is 5.10 Å². The lowest BCUT2D eigenvalue weighted by molar-refractivity contribution is 0.0954. The monoisotopic (exact) mass is 374 g/mol. The van der Waals surface area contributed by atoms with Crippen LogP contribution in [0, 0.1) is 0 Å². The van der Waals surface area contributed by atoms with Gasteiger partial charge in [0.05, 0.1) is 18.4 Å². The van der Waals surface area contributed by atoms with Gasteiger partial charge in [0.2, 0.25) is 0 Å². The highest BCUT2D eigenvalue weighted by atomic mass is 79.9. The number of nitrogens with one attached hydrogen (secondary N) is 1. The van der Waals surface area contributed by atoms with Gasteiger partial charge in [-0.15, -0.1) is 0 Å². The van der Waals surface area contributed by atoms with Gasteiger partial charge in [-0.25, -0.2) is 5.43 Å². The van der Waals surface area contributed by atoms with E-state index in [2.05, 4.69) is 33.4 Å². The molecule has 0 aromatic heterocycles. The van der Waals surface area contributed by atoms with Gasteiger partial charge < -0.3 is 4.74 Å². The molecule has 2 aromatic rings. The van der Waals surface area contributed by atoms with E-state index in [1.807, 2.05) is 36.4 Å². The summed E-state index contributed by atoms with van der Waals surface area (Å²) in [5.74, 6) is 0.498. The zero-order chi connectivity index (χ0) is 16.5. The Balaban J connectivity index is 2.00. The Hall–Kier alpha value is -2.14. The number of carbonyl (C=O) groups is 1. The van der Waals surface area contributed by atoms with Gasteiger partial charge >= 0.3 is 0 Å². The maximum Gasteiger partial charge on any atom is 0.272 e. The van der Waals surface area contributed by atoms with Crippen molar-refractivity contribution in [2.45, 2.75) is 19.8 Å². The highest BCUT2D eigenvalue weighted by Gasteiger charge is 2.07. The molecule has 0 fully saturated rings. The van der Waals surface area contributed by atoms with Crippen molar-refractivity contribution in [3.05, 3.63) is 64.1 Å². The lowest BCUT2D eigenvalue weighted by Gasteiger charge is -2.08. The molecule has 23 heavy (non-hydrogen) atoms. The Labute approximate surface area is 144 Å². The molecule has 0 aliphatic carbocycles. The summed E-state index contributed by atoms with van der Waals surface area (Å²) in [5.41, 5.74) is 3.90. The number of hydrazone groups is 1. The van der Waals surface area contributed by atoms with Crippen molar-refractivity contribution in [1.82, 2.24) is 5.43 Å². The lowest BCUT2D eigenvalue weighted by atomic mass is 10.2. The summed E-state index contributed by atoms with van der Waals surface area (Å²) in [6.45, 7) is 2.79. The molecule has 0 bridgehead atoms. The van der Waals surface area contributed by atoms with Crippen LogP contribution >= 0.6 is 15.9 Å². The number of benzene rings is 2. The standard InChI is InChI=1S/C18H19BrN2O2/c1-2-3-12-23-17-11-7-4-8-14(17)13-20-21-18(22)15-9-5-6-10-16(15)19/h4-11,13H,2-3,12H2,1H3,(H,21,22). The van der Waals surface area contributed by atoms with Gasteiger partial charge in [0, 0.05) is 10.0 Å². The molecule has 1 N–H and O–H groups in total. The van der Waals surface area contributed by atoms with Gasteiger partial charge in [0.1, 0.15) is 5.75 Å². The Kier molecular flexibility index (Phi) is 6.81. The van der Waals surface area contributed by atoms with Gasteiger partial charge in [-0.1, -0.05) is 37.6 Å². The Morgan fingerprint density at radius 3 is 2.74 bits per heavy atom. The fraction of sp³-hybridized carbons (Fsp3) is 0.222. The first kappa shape index (κ1) is 17.2. The number of hydrogen-bond donors (Lipinski definition) is 1. The van der Waals surface area contributed by atoms with Crippen LogP contribution in [0.1, 0.15) is 35.7 Å². The molecular weight excluding hydrogens is 356 g/mol. The molecule has 0 spiro atoms. The Bertz CT molecular complexity index is 686. The van der Waals surface area contributed by atoms with Crippen molar-refractivity contribution in [3.63, 3.8) is 0 Å². The van der Waals surface area contributed by atoms with E-state index in [-0.39, 0.29) is 5.91 Å². The molecule has 2 aromatic carbocycles. The summed E-state index contributed by atoms with van der Waals surface area (Å²) in [6.07, 6.45) is 3.68.